The molecule has 1 aliphatic carbocycles. The number of nitrogens with zero attached hydrogens (tertiary/aromatic N) is 1. The molecule has 98 valence electrons. The van der Waals surface area contributed by atoms with Crippen molar-refractivity contribution in [3.05, 3.63) is 12.2 Å². The Kier molecular flexibility index (Phi) is 3.80. The summed E-state index contributed by atoms with van der Waals surface area (Å²) in [6, 6.07) is 1.85. The second kappa shape index (κ2) is 4.81. The summed E-state index contributed by atoms with van der Waals surface area (Å²) < 4.78 is 5.17. The minimum Gasteiger partial charge on any atom is -0.481 e. The predicted molar refractivity (Wildman–Crippen MR) is 63.3 cm³/mol. The Labute approximate surface area is 106 Å². The Hall–Kier alpha value is -1.83. The molecule has 1 fully saturated rings. The molecule has 0 aromatic heterocycles. The van der Waals surface area contributed by atoms with Crippen molar-refractivity contribution < 1.29 is 19.4 Å². The second-order valence-electron chi connectivity index (χ2n) is 5.06. The van der Waals surface area contributed by atoms with Gasteiger partial charge in [-0.25, -0.2) is 0 Å². The number of ether oxygens (including phenoxy) is 1. The van der Waals surface area contributed by atoms with Crippen molar-refractivity contribution in [2.24, 2.45) is 17.3 Å². The van der Waals surface area contributed by atoms with E-state index in [4.69, 9.17) is 15.1 Å². The topological polar surface area (TPSA) is 87.4 Å². The van der Waals surface area contributed by atoms with Crippen molar-refractivity contribution in [3.63, 3.8) is 0 Å². The lowest BCUT2D eigenvalue weighted by molar-refractivity contribution is -0.149. The third kappa shape index (κ3) is 2.37. The number of carboxylic acid groups (broad SMARTS) is 1. The van der Waals surface area contributed by atoms with E-state index in [9.17, 15) is 9.59 Å². The molecule has 0 aromatic rings. The smallest absolute Gasteiger partial charge is 0.307 e. The minimum atomic E-state index is -0.937. The molecule has 1 rings (SSSR count). The van der Waals surface area contributed by atoms with Gasteiger partial charge in [-0.3, -0.25) is 9.59 Å². The highest BCUT2D eigenvalue weighted by atomic mass is 16.5. The van der Waals surface area contributed by atoms with Gasteiger partial charge >= 0.3 is 11.9 Å². The lowest BCUT2D eigenvalue weighted by Gasteiger charge is -2.17. The van der Waals surface area contributed by atoms with Gasteiger partial charge in [-0.15, -0.1) is 0 Å². The molecule has 18 heavy (non-hydrogen) atoms. The first-order chi connectivity index (χ1) is 8.27. The highest BCUT2D eigenvalue weighted by Crippen LogP contribution is 2.61. The molecule has 5 nitrogen and oxygen atoms in total. The Balaban J connectivity index is 2.93. The molecule has 0 saturated heterocycles. The summed E-state index contributed by atoms with van der Waals surface area (Å²) in [5.41, 5.74) is -0.400. The summed E-state index contributed by atoms with van der Waals surface area (Å²) >= 11 is 0. The third-order valence-corrected chi connectivity index (χ3v) is 3.54. The number of esters is 1. The van der Waals surface area contributed by atoms with Crippen LogP contribution < -0.4 is 0 Å². The maximum atomic E-state index is 11.3. The first kappa shape index (κ1) is 14.2. The van der Waals surface area contributed by atoms with Gasteiger partial charge in [-0.1, -0.05) is 27.4 Å². The quantitative estimate of drug-likeness (QED) is 0.594. The van der Waals surface area contributed by atoms with Gasteiger partial charge in [-0.2, -0.15) is 5.26 Å². The SMILES string of the molecule is C=C(C#N)C(OC(=O)CC)C1C(C(=O)O)C1(C)C. The number of hydrogen-bond acceptors (Lipinski definition) is 4. The van der Waals surface area contributed by atoms with E-state index in [1.165, 1.54) is 0 Å². The van der Waals surface area contributed by atoms with E-state index >= 15 is 0 Å². The molecule has 0 aliphatic heterocycles. The van der Waals surface area contributed by atoms with Crippen molar-refractivity contribution in [1.82, 2.24) is 0 Å². The van der Waals surface area contributed by atoms with E-state index in [0.717, 1.165) is 0 Å². The summed E-state index contributed by atoms with van der Waals surface area (Å²) in [7, 11) is 0. The van der Waals surface area contributed by atoms with Crippen LogP contribution in [0.1, 0.15) is 27.2 Å². The number of hydrogen-bond donors (Lipinski definition) is 1. The molecule has 1 aliphatic rings. The van der Waals surface area contributed by atoms with Crippen LogP contribution in [0.4, 0.5) is 0 Å². The van der Waals surface area contributed by atoms with Gasteiger partial charge in [0.2, 0.25) is 0 Å². The average Bonchev–Trinajstić information content (AvgIpc) is 2.87. The number of aliphatic carboxylic acids is 1. The van der Waals surface area contributed by atoms with Crippen LogP contribution in [0.25, 0.3) is 0 Å². The van der Waals surface area contributed by atoms with Crippen LogP contribution in [-0.4, -0.2) is 23.1 Å². The van der Waals surface area contributed by atoms with E-state index in [1.807, 2.05) is 6.07 Å². The molecule has 1 N–H and O–H groups in total. The van der Waals surface area contributed by atoms with E-state index in [2.05, 4.69) is 6.58 Å². The van der Waals surface area contributed by atoms with Gasteiger partial charge in [0.15, 0.2) is 0 Å². The fraction of sp³-hybridized carbons (Fsp3) is 0.615. The zero-order valence-electron chi connectivity index (χ0n) is 10.8. The fourth-order valence-electron chi connectivity index (χ4n) is 2.36. The van der Waals surface area contributed by atoms with Gasteiger partial charge in [0.1, 0.15) is 6.10 Å². The molecule has 5 heteroatoms. The first-order valence-corrected chi connectivity index (χ1v) is 5.78. The zero-order chi connectivity index (χ0) is 14.1. The molecular formula is C13H17NO4. The molecule has 0 radical (unpaired) electrons. The minimum absolute atomic E-state index is 0.0959. The van der Waals surface area contributed by atoms with Crippen LogP contribution in [0.15, 0.2) is 12.2 Å². The number of carbonyl (C=O) groups excluding carboxylic acids is 1. The average molecular weight is 251 g/mol. The highest BCUT2D eigenvalue weighted by Gasteiger charge is 2.66. The maximum absolute atomic E-state index is 11.3. The molecule has 0 aromatic carbocycles. The van der Waals surface area contributed by atoms with Crippen LogP contribution in [0, 0.1) is 28.6 Å². The van der Waals surface area contributed by atoms with Crippen LogP contribution in [0.2, 0.25) is 0 Å². The monoisotopic (exact) mass is 251 g/mol. The predicted octanol–water partition coefficient (Wildman–Crippen LogP) is 1.74. The third-order valence-electron chi connectivity index (χ3n) is 3.54. The second-order valence-corrected chi connectivity index (χ2v) is 5.06. The normalized spacial score (nSPS) is 25.7. The van der Waals surface area contributed by atoms with Crippen LogP contribution in [0.5, 0.6) is 0 Å². The van der Waals surface area contributed by atoms with E-state index < -0.39 is 35.3 Å². The number of rotatable bonds is 5. The number of carboxylic acids is 1. The van der Waals surface area contributed by atoms with Crippen LogP contribution in [0.3, 0.4) is 0 Å². The number of carbonyl (C=O) groups is 2. The van der Waals surface area contributed by atoms with Crippen molar-refractivity contribution in [3.8, 4) is 6.07 Å². The fourth-order valence-corrected chi connectivity index (χ4v) is 2.36. The van der Waals surface area contributed by atoms with Gasteiger partial charge in [0.05, 0.1) is 17.6 Å². The summed E-state index contributed by atoms with van der Waals surface area (Å²) in [4.78, 5) is 22.4. The Morgan fingerprint density at radius 1 is 1.56 bits per heavy atom. The molecule has 3 unspecified atom stereocenters. The molecular weight excluding hydrogens is 234 g/mol. The van der Waals surface area contributed by atoms with E-state index in [1.54, 1.807) is 20.8 Å². The van der Waals surface area contributed by atoms with Crippen molar-refractivity contribution in [1.29, 1.82) is 5.26 Å². The van der Waals surface area contributed by atoms with Crippen LogP contribution in [-0.2, 0) is 14.3 Å². The molecule has 0 heterocycles. The van der Waals surface area contributed by atoms with Gasteiger partial charge in [0.25, 0.3) is 0 Å². The van der Waals surface area contributed by atoms with Crippen molar-refractivity contribution in [2.45, 2.75) is 33.3 Å². The van der Waals surface area contributed by atoms with Gasteiger partial charge in [-0.05, 0) is 5.41 Å². The van der Waals surface area contributed by atoms with Crippen molar-refractivity contribution >= 4 is 11.9 Å². The molecule has 0 bridgehead atoms. The summed E-state index contributed by atoms with van der Waals surface area (Å²) in [6.07, 6.45) is -0.654. The standard InChI is InChI=1S/C13H17NO4/c1-5-8(15)18-11(7(2)6-14)9-10(12(16)17)13(9,3)4/h9-11H,2,5H2,1,3-4H3,(H,16,17). The first-order valence-electron chi connectivity index (χ1n) is 5.78. The molecule has 1 saturated carbocycles. The summed E-state index contributed by atoms with van der Waals surface area (Å²) in [6.45, 7) is 8.76. The molecule has 0 amide bonds. The Bertz CT molecular complexity index is 433. The largest absolute Gasteiger partial charge is 0.481 e. The summed E-state index contributed by atoms with van der Waals surface area (Å²) in [5, 5.41) is 18.0. The maximum Gasteiger partial charge on any atom is 0.307 e. The molecule has 0 spiro atoms. The summed E-state index contributed by atoms with van der Waals surface area (Å²) in [5.74, 6) is -2.40. The molecule has 3 atom stereocenters. The Morgan fingerprint density at radius 3 is 2.44 bits per heavy atom. The van der Waals surface area contributed by atoms with E-state index in [0.29, 0.717) is 0 Å². The van der Waals surface area contributed by atoms with E-state index in [-0.39, 0.29) is 12.0 Å². The van der Waals surface area contributed by atoms with Crippen molar-refractivity contribution in [2.75, 3.05) is 0 Å². The zero-order valence-corrected chi connectivity index (χ0v) is 10.8. The van der Waals surface area contributed by atoms with Gasteiger partial charge in [0, 0.05) is 12.3 Å². The Morgan fingerprint density at radius 2 is 2.11 bits per heavy atom. The lowest BCUT2D eigenvalue weighted by atomic mass is 10.0. The van der Waals surface area contributed by atoms with Gasteiger partial charge < -0.3 is 9.84 Å². The lowest BCUT2D eigenvalue weighted by Crippen LogP contribution is -2.24. The highest BCUT2D eigenvalue weighted by molar-refractivity contribution is 5.76. The van der Waals surface area contributed by atoms with Crippen LogP contribution >= 0.6 is 0 Å². The number of nitriles is 1.